The summed E-state index contributed by atoms with van der Waals surface area (Å²) in [6.07, 6.45) is 0. The van der Waals surface area contributed by atoms with Gasteiger partial charge in [-0.3, -0.25) is 0 Å². The highest BCUT2D eigenvalue weighted by atomic mass is 16.6. The number of hydrogen-bond donors (Lipinski definition) is 0. The lowest BCUT2D eigenvalue weighted by Crippen LogP contribution is -2.51. The number of rotatable bonds is 2. The lowest BCUT2D eigenvalue weighted by atomic mass is 10.2. The van der Waals surface area contributed by atoms with E-state index in [0.29, 0.717) is 37.6 Å². The zero-order valence-electron chi connectivity index (χ0n) is 9.72. The molecule has 0 aliphatic carbocycles. The topological polar surface area (TPSA) is 58.6 Å². The number of quaternary nitrogens is 1. The molecule has 1 aromatic rings. The third kappa shape index (κ3) is 2.46. The third-order valence-electron chi connectivity index (χ3n) is 2.95. The number of hydroxylamine groups is 2. The molecule has 0 atom stereocenters. The molecule has 0 aromatic heterocycles. The molecule has 1 heterocycles. The molecular formula is C12H15NO4. The standard InChI is InChI=1S/C12H15NO4/c1-16-12(14)10-2-4-11(5-3-10)13(15)6-8-17-9-7-13/h2-5H,6-9H2,1H3. The lowest BCUT2D eigenvalue weighted by molar-refractivity contribution is 0.0595. The number of benzene rings is 1. The second kappa shape index (κ2) is 4.83. The Labute approximate surface area is 99.7 Å². The van der Waals surface area contributed by atoms with E-state index < -0.39 is 5.97 Å². The number of esters is 1. The Kier molecular flexibility index (Phi) is 3.42. The van der Waals surface area contributed by atoms with Crippen LogP contribution in [0.15, 0.2) is 24.3 Å². The average molecular weight is 237 g/mol. The summed E-state index contributed by atoms with van der Waals surface area (Å²) in [5, 5.41) is 12.4. The highest BCUT2D eigenvalue weighted by Crippen LogP contribution is 2.24. The quantitative estimate of drug-likeness (QED) is 0.442. The zero-order chi connectivity index (χ0) is 12.3. The summed E-state index contributed by atoms with van der Waals surface area (Å²) in [4.78, 5) is 11.3. The molecule has 0 radical (unpaired) electrons. The first-order valence-corrected chi connectivity index (χ1v) is 5.50. The molecule has 5 heteroatoms. The highest BCUT2D eigenvalue weighted by molar-refractivity contribution is 5.89. The lowest BCUT2D eigenvalue weighted by Gasteiger charge is -2.44. The van der Waals surface area contributed by atoms with E-state index in [0.717, 1.165) is 0 Å². The fourth-order valence-corrected chi connectivity index (χ4v) is 1.88. The van der Waals surface area contributed by atoms with Gasteiger partial charge < -0.3 is 19.3 Å². The SMILES string of the molecule is COC(=O)c1ccc([N+]2([O-])CCOCC2)cc1. The summed E-state index contributed by atoms with van der Waals surface area (Å²) in [5.74, 6) is -0.393. The van der Waals surface area contributed by atoms with Gasteiger partial charge in [0, 0.05) is 12.1 Å². The molecule has 2 rings (SSSR count). The zero-order valence-corrected chi connectivity index (χ0v) is 9.72. The van der Waals surface area contributed by atoms with Crippen LogP contribution in [0.25, 0.3) is 0 Å². The van der Waals surface area contributed by atoms with Crippen LogP contribution in [0.2, 0.25) is 0 Å². The van der Waals surface area contributed by atoms with Crippen molar-refractivity contribution in [1.29, 1.82) is 0 Å². The van der Waals surface area contributed by atoms with Gasteiger partial charge in [0.05, 0.1) is 25.9 Å². The summed E-state index contributed by atoms with van der Waals surface area (Å²) in [7, 11) is 1.33. The minimum Gasteiger partial charge on any atom is -0.627 e. The number of ether oxygens (including phenoxy) is 2. The smallest absolute Gasteiger partial charge is 0.337 e. The maximum absolute atomic E-state index is 12.4. The van der Waals surface area contributed by atoms with Crippen LogP contribution in [0.4, 0.5) is 5.69 Å². The number of morpholine rings is 1. The predicted molar refractivity (Wildman–Crippen MR) is 63.5 cm³/mol. The van der Waals surface area contributed by atoms with E-state index in [1.165, 1.54) is 7.11 Å². The van der Waals surface area contributed by atoms with Gasteiger partial charge in [-0.1, -0.05) is 0 Å². The molecule has 0 saturated carbocycles. The minimum atomic E-state index is -0.393. The van der Waals surface area contributed by atoms with Crippen molar-refractivity contribution < 1.29 is 14.3 Å². The Morgan fingerprint density at radius 1 is 1.29 bits per heavy atom. The number of hydrogen-bond acceptors (Lipinski definition) is 4. The Hall–Kier alpha value is -1.43. The molecular weight excluding hydrogens is 222 g/mol. The molecule has 1 aliphatic heterocycles. The van der Waals surface area contributed by atoms with E-state index in [2.05, 4.69) is 4.74 Å². The van der Waals surface area contributed by atoms with Crippen LogP contribution in [0.3, 0.4) is 0 Å². The molecule has 1 fully saturated rings. The van der Waals surface area contributed by atoms with Gasteiger partial charge >= 0.3 is 5.97 Å². The summed E-state index contributed by atoms with van der Waals surface area (Å²) < 4.78 is 9.39. The number of carbonyl (C=O) groups is 1. The first-order chi connectivity index (χ1) is 8.15. The van der Waals surface area contributed by atoms with Crippen molar-refractivity contribution in [1.82, 2.24) is 4.65 Å². The molecule has 0 amide bonds. The minimum absolute atomic E-state index is 0.387. The largest absolute Gasteiger partial charge is 0.627 e. The Morgan fingerprint density at radius 3 is 2.41 bits per heavy atom. The summed E-state index contributed by atoms with van der Waals surface area (Å²) >= 11 is 0. The van der Waals surface area contributed by atoms with Gasteiger partial charge in [-0.25, -0.2) is 4.79 Å². The molecule has 0 N–H and O–H groups in total. The van der Waals surface area contributed by atoms with Crippen molar-refractivity contribution in [3.8, 4) is 0 Å². The van der Waals surface area contributed by atoms with E-state index in [1.807, 2.05) is 0 Å². The van der Waals surface area contributed by atoms with E-state index in [9.17, 15) is 10.0 Å². The van der Waals surface area contributed by atoms with Gasteiger partial charge in [0.2, 0.25) is 0 Å². The monoisotopic (exact) mass is 237 g/mol. The van der Waals surface area contributed by atoms with E-state index in [4.69, 9.17) is 4.74 Å². The molecule has 1 saturated heterocycles. The van der Waals surface area contributed by atoms with Crippen molar-refractivity contribution >= 4 is 11.7 Å². The van der Waals surface area contributed by atoms with Crippen molar-refractivity contribution in [2.45, 2.75) is 0 Å². The Morgan fingerprint density at radius 2 is 1.88 bits per heavy atom. The van der Waals surface area contributed by atoms with Crippen molar-refractivity contribution in [2.75, 3.05) is 33.4 Å². The predicted octanol–water partition coefficient (Wildman–Crippen LogP) is 1.31. The Bertz CT molecular complexity index is 395. The van der Waals surface area contributed by atoms with Crippen LogP contribution < -0.4 is 4.65 Å². The van der Waals surface area contributed by atoms with Crippen LogP contribution in [-0.2, 0) is 9.47 Å². The van der Waals surface area contributed by atoms with Crippen LogP contribution in [-0.4, -0.2) is 39.4 Å². The molecule has 1 aromatic carbocycles. The first-order valence-electron chi connectivity index (χ1n) is 5.50. The summed E-state index contributed by atoms with van der Waals surface area (Å²) in [5.41, 5.74) is 1.11. The van der Waals surface area contributed by atoms with Gasteiger partial charge in [0.25, 0.3) is 0 Å². The number of methoxy groups -OCH3 is 1. The van der Waals surface area contributed by atoms with Crippen LogP contribution in [0.5, 0.6) is 0 Å². The van der Waals surface area contributed by atoms with Crippen molar-refractivity contribution in [2.24, 2.45) is 0 Å². The van der Waals surface area contributed by atoms with Crippen LogP contribution in [0, 0.1) is 5.21 Å². The molecule has 0 spiro atoms. The molecule has 92 valence electrons. The second-order valence-electron chi connectivity index (χ2n) is 3.99. The second-order valence-corrected chi connectivity index (χ2v) is 3.99. The van der Waals surface area contributed by atoms with Crippen molar-refractivity contribution in [3.63, 3.8) is 0 Å². The molecule has 0 unspecified atom stereocenters. The van der Waals surface area contributed by atoms with Crippen LogP contribution in [0.1, 0.15) is 10.4 Å². The van der Waals surface area contributed by atoms with E-state index >= 15 is 0 Å². The maximum atomic E-state index is 12.4. The summed E-state index contributed by atoms with van der Waals surface area (Å²) in [6, 6.07) is 6.61. The van der Waals surface area contributed by atoms with Gasteiger partial charge in [-0.15, -0.1) is 0 Å². The third-order valence-corrected chi connectivity index (χ3v) is 2.95. The molecule has 0 bridgehead atoms. The fourth-order valence-electron chi connectivity index (χ4n) is 1.88. The molecule has 1 aliphatic rings. The van der Waals surface area contributed by atoms with Gasteiger partial charge in [0.15, 0.2) is 0 Å². The average Bonchev–Trinajstić information content (AvgIpc) is 2.39. The van der Waals surface area contributed by atoms with Crippen LogP contribution >= 0.6 is 0 Å². The van der Waals surface area contributed by atoms with E-state index in [-0.39, 0.29) is 4.65 Å². The molecule has 5 nitrogen and oxygen atoms in total. The number of carbonyl (C=O) groups excluding carboxylic acids is 1. The maximum Gasteiger partial charge on any atom is 0.337 e. The number of nitrogens with zero attached hydrogens (tertiary/aromatic N) is 1. The summed E-state index contributed by atoms with van der Waals surface area (Å²) in [6.45, 7) is 1.78. The first kappa shape index (κ1) is 12.0. The normalized spacial score (nSPS) is 18.7. The fraction of sp³-hybridized carbons (Fsp3) is 0.417. The van der Waals surface area contributed by atoms with Gasteiger partial charge in [-0.2, -0.15) is 0 Å². The highest BCUT2D eigenvalue weighted by Gasteiger charge is 2.24. The Balaban J connectivity index is 2.19. The van der Waals surface area contributed by atoms with Crippen molar-refractivity contribution in [3.05, 3.63) is 35.0 Å². The van der Waals surface area contributed by atoms with Gasteiger partial charge in [-0.05, 0) is 12.1 Å². The van der Waals surface area contributed by atoms with E-state index in [1.54, 1.807) is 24.3 Å². The molecule has 17 heavy (non-hydrogen) atoms. The van der Waals surface area contributed by atoms with Gasteiger partial charge in [0.1, 0.15) is 18.8 Å².